The summed E-state index contributed by atoms with van der Waals surface area (Å²) in [6, 6.07) is 0. The summed E-state index contributed by atoms with van der Waals surface area (Å²) in [5.74, 6) is 0. The van der Waals surface area contributed by atoms with Gasteiger partial charge in [-0.3, -0.25) is 0 Å². The lowest BCUT2D eigenvalue weighted by atomic mass is 11.9. The Bertz CT molecular complexity index is 61.8. The Hall–Kier alpha value is 0.748. The average molecular weight is 198 g/mol. The highest BCUT2D eigenvalue weighted by molar-refractivity contribution is 6.54. The largest absolute Gasteiger partial charge is 0.447 e. The van der Waals surface area contributed by atoms with Crippen LogP contribution in [0.3, 0.4) is 0 Å². The van der Waals surface area contributed by atoms with E-state index in [0.717, 1.165) is 10.5 Å². The molecule has 7 heteroatoms. The van der Waals surface area contributed by atoms with E-state index in [0.29, 0.717) is 0 Å². The van der Waals surface area contributed by atoms with Crippen molar-refractivity contribution in [1.29, 1.82) is 0 Å². The quantitative estimate of drug-likeness (QED) is 0.355. The maximum absolute atomic E-state index is 5.33. The fraction of sp³-hybridized carbons (Fsp3) is 1.00. The summed E-state index contributed by atoms with van der Waals surface area (Å²) in [6.45, 7) is 4.16. The van der Waals surface area contributed by atoms with Gasteiger partial charge in [0.25, 0.3) is 19.3 Å². The summed E-state index contributed by atoms with van der Waals surface area (Å²) >= 11 is 0. The highest BCUT2D eigenvalue weighted by Crippen LogP contribution is 1.82. The number of hydrogen-bond donors (Lipinski definition) is 0. The molecule has 0 aliphatic carbocycles. The van der Waals surface area contributed by atoms with Crippen LogP contribution in [0.15, 0.2) is 0 Å². The summed E-state index contributed by atoms with van der Waals surface area (Å²) in [6.07, 6.45) is 0. The highest BCUT2D eigenvalue weighted by Gasteiger charge is 1.99. The minimum absolute atomic E-state index is 0.222. The van der Waals surface area contributed by atoms with Gasteiger partial charge in [0.05, 0.1) is 0 Å². The topological polar surface area (TPSA) is 27.7 Å². The molecule has 3 nitrogen and oxygen atoms in total. The SMILES string of the molecule is C[SiH2]O[SiH2]O[SiH](C)O[SiH3]. The Kier molecular flexibility index (Phi) is 7.43. The monoisotopic (exact) mass is 198 g/mol. The summed E-state index contributed by atoms with van der Waals surface area (Å²) in [4.78, 5) is 0. The fourth-order valence-electron chi connectivity index (χ4n) is 0.295. The van der Waals surface area contributed by atoms with Gasteiger partial charge >= 0.3 is 0 Å². The second-order valence-electron chi connectivity index (χ2n) is 1.58. The van der Waals surface area contributed by atoms with E-state index in [-0.39, 0.29) is 9.76 Å². The molecule has 0 N–H and O–H groups in total. The van der Waals surface area contributed by atoms with Gasteiger partial charge in [-0.05, 0) is 6.55 Å². The predicted molar refractivity (Wildman–Crippen MR) is 49.2 cm³/mol. The normalized spacial score (nSPS) is 16.7. The molecule has 0 aliphatic heterocycles. The van der Waals surface area contributed by atoms with Gasteiger partial charge in [-0.25, -0.2) is 0 Å². The van der Waals surface area contributed by atoms with Gasteiger partial charge < -0.3 is 12.3 Å². The van der Waals surface area contributed by atoms with Crippen LogP contribution in [0.2, 0.25) is 13.1 Å². The van der Waals surface area contributed by atoms with Crippen LogP contribution in [0.5, 0.6) is 0 Å². The highest BCUT2D eigenvalue weighted by atomic mass is 28.4. The van der Waals surface area contributed by atoms with Gasteiger partial charge in [-0.15, -0.1) is 0 Å². The molecular weight excluding hydrogens is 184 g/mol. The van der Waals surface area contributed by atoms with Crippen LogP contribution >= 0.6 is 0 Å². The molecule has 0 fully saturated rings. The molecule has 0 saturated carbocycles. The molecule has 0 radical (unpaired) electrons. The zero-order valence-electron chi connectivity index (χ0n) is 6.22. The molecule has 1 atom stereocenters. The Morgan fingerprint density at radius 2 is 2.22 bits per heavy atom. The maximum atomic E-state index is 5.33. The van der Waals surface area contributed by atoms with E-state index in [1.165, 1.54) is 0 Å². The molecule has 0 amide bonds. The van der Waals surface area contributed by atoms with E-state index in [1.54, 1.807) is 0 Å². The van der Waals surface area contributed by atoms with E-state index in [4.69, 9.17) is 12.3 Å². The van der Waals surface area contributed by atoms with E-state index >= 15 is 0 Å². The van der Waals surface area contributed by atoms with Crippen molar-refractivity contribution in [2.45, 2.75) is 13.1 Å². The molecule has 0 aromatic carbocycles. The summed E-state index contributed by atoms with van der Waals surface area (Å²) in [7, 11) is -1.23. The van der Waals surface area contributed by atoms with Gasteiger partial charge in [-0.1, -0.05) is 6.55 Å². The zero-order valence-corrected chi connectivity index (χ0v) is 12.2. The first-order valence-electron chi connectivity index (χ1n) is 3.03. The third-order valence-corrected chi connectivity index (χ3v) is 8.30. The predicted octanol–water partition coefficient (Wildman–Crippen LogP) is -2.70. The van der Waals surface area contributed by atoms with Crippen LogP contribution in [0.4, 0.5) is 0 Å². The number of hydrogen-bond acceptors (Lipinski definition) is 3. The van der Waals surface area contributed by atoms with Crippen molar-refractivity contribution < 1.29 is 12.3 Å². The van der Waals surface area contributed by atoms with Crippen molar-refractivity contribution in [3.05, 3.63) is 0 Å². The molecule has 0 aliphatic rings. The molecule has 0 spiro atoms. The molecule has 0 bridgehead atoms. The Balaban J connectivity index is 2.88. The van der Waals surface area contributed by atoms with E-state index in [9.17, 15) is 0 Å². The lowest BCUT2D eigenvalue weighted by molar-refractivity contribution is 0.418. The summed E-state index contributed by atoms with van der Waals surface area (Å²) in [5.41, 5.74) is 0. The lowest BCUT2D eigenvalue weighted by Crippen LogP contribution is -2.21. The van der Waals surface area contributed by atoms with Crippen molar-refractivity contribution in [2.75, 3.05) is 0 Å². The molecule has 1 unspecified atom stereocenters. The minimum Gasteiger partial charge on any atom is -0.447 e. The third-order valence-electron chi connectivity index (χ3n) is 0.922. The molecule has 0 heterocycles. The molecular formula is C2H14O3Si4. The Morgan fingerprint density at radius 1 is 1.56 bits per heavy atom. The van der Waals surface area contributed by atoms with Gasteiger partial charge in [0.15, 0.2) is 0 Å². The second-order valence-corrected chi connectivity index (χ2v) is 8.38. The van der Waals surface area contributed by atoms with Crippen LogP contribution < -0.4 is 0 Å². The molecule has 0 rings (SSSR count). The van der Waals surface area contributed by atoms with E-state index in [2.05, 4.69) is 6.55 Å². The zero-order chi connectivity index (χ0) is 7.11. The summed E-state index contributed by atoms with van der Waals surface area (Å²) < 4.78 is 15.7. The molecule has 9 heavy (non-hydrogen) atoms. The van der Waals surface area contributed by atoms with E-state index < -0.39 is 19.3 Å². The van der Waals surface area contributed by atoms with Crippen molar-refractivity contribution in [1.82, 2.24) is 0 Å². The van der Waals surface area contributed by atoms with E-state index in [1.807, 2.05) is 6.55 Å². The molecule has 0 saturated heterocycles. The smallest absolute Gasteiger partial charge is 0.298 e. The van der Waals surface area contributed by atoms with Crippen molar-refractivity contribution in [3.63, 3.8) is 0 Å². The first kappa shape index (κ1) is 9.75. The third kappa shape index (κ3) is 6.64. The first-order valence-corrected chi connectivity index (χ1v) is 9.09. The standard InChI is InChI=1S/C2H14O3Si4/c1-7-4-8-5-9(2)3-6/h9H,7-8H2,1-2,6H3. The van der Waals surface area contributed by atoms with Crippen molar-refractivity contribution in [2.24, 2.45) is 0 Å². The van der Waals surface area contributed by atoms with Crippen LogP contribution in [-0.2, 0) is 12.3 Å². The first-order chi connectivity index (χ1) is 4.31. The number of rotatable bonds is 5. The maximum Gasteiger partial charge on any atom is 0.298 e. The van der Waals surface area contributed by atoms with Gasteiger partial charge in [0.2, 0.25) is 0 Å². The van der Waals surface area contributed by atoms with Crippen LogP contribution in [0.1, 0.15) is 0 Å². The van der Waals surface area contributed by atoms with Crippen LogP contribution in [-0.4, -0.2) is 39.5 Å². The molecule has 56 valence electrons. The van der Waals surface area contributed by atoms with Crippen molar-refractivity contribution in [3.8, 4) is 0 Å². The van der Waals surface area contributed by atoms with Crippen LogP contribution in [0.25, 0.3) is 0 Å². The van der Waals surface area contributed by atoms with Gasteiger partial charge in [-0.2, -0.15) is 0 Å². The Morgan fingerprint density at radius 3 is 2.67 bits per heavy atom. The molecule has 0 aromatic heterocycles. The van der Waals surface area contributed by atoms with Gasteiger partial charge in [0.1, 0.15) is 20.2 Å². The average Bonchev–Trinajstić information content (AvgIpc) is 1.89. The summed E-state index contributed by atoms with van der Waals surface area (Å²) in [5, 5.41) is 0. The van der Waals surface area contributed by atoms with Crippen LogP contribution in [0, 0.1) is 0 Å². The second kappa shape index (κ2) is 6.86. The van der Waals surface area contributed by atoms with Crippen molar-refractivity contribution >= 4 is 39.5 Å². The fourth-order valence-corrected chi connectivity index (χ4v) is 4.75. The molecule has 0 aromatic rings. The minimum atomic E-state index is -1.19. The lowest BCUT2D eigenvalue weighted by Gasteiger charge is -2.08. The van der Waals surface area contributed by atoms with Gasteiger partial charge in [0, 0.05) is 0 Å². The Labute approximate surface area is 65.5 Å².